The molecule has 0 aromatic rings. The number of alkyl halides is 13. The molecule has 0 aromatic heterocycles. The third-order valence-electron chi connectivity index (χ3n) is 5.85. The van der Waals surface area contributed by atoms with Gasteiger partial charge in [-0.05, 0) is 0 Å². The van der Waals surface area contributed by atoms with Crippen LogP contribution in [0.3, 0.4) is 0 Å². The Morgan fingerprint density at radius 1 is 0.744 bits per heavy atom. The summed E-state index contributed by atoms with van der Waals surface area (Å²) in [5, 5.41) is 76.5. The van der Waals surface area contributed by atoms with E-state index in [4.69, 9.17) is 19.7 Å². The number of ether oxygens (including phenoxy) is 2. The van der Waals surface area contributed by atoms with Crippen LogP contribution >= 0.6 is 0 Å². The minimum atomic E-state index is -8.30. The fourth-order valence-electron chi connectivity index (χ4n) is 3.25. The molecule has 1 aliphatic heterocycles. The van der Waals surface area contributed by atoms with Gasteiger partial charge in [0.25, 0.3) is 5.91 Å². The number of nitrogens with one attached hydrogen (secondary N) is 1. The zero-order chi connectivity index (χ0) is 34.3. The van der Waals surface area contributed by atoms with E-state index in [-0.39, 0.29) is 0 Å². The standard InChI is InChI=1S/C18H22F13NO11/c19-13(20,15(23,24)17(27,28)29)14(21,22)16(25,26)18(30,31)32-11(41)8(39)7(38)10(3(35)1-33)43-12-9(40)6(37)5(36)4(2-34)42-12/h3-10,12,33-40H,1-2H2,(H,32,41)/t3-,4-,5+,6+,7-,8-,9-,10+,12+/m1/s1. The van der Waals surface area contributed by atoms with Gasteiger partial charge in [-0.3, -0.25) is 10.1 Å². The average molecular weight is 675 g/mol. The fourth-order valence-corrected chi connectivity index (χ4v) is 3.25. The van der Waals surface area contributed by atoms with E-state index in [1.165, 1.54) is 0 Å². The first-order valence-corrected chi connectivity index (χ1v) is 11.0. The van der Waals surface area contributed by atoms with Crippen molar-refractivity contribution in [3.8, 4) is 0 Å². The first-order chi connectivity index (χ1) is 19.1. The Balaban J connectivity index is 3.30. The molecular formula is C18H22F13NO11. The highest BCUT2D eigenvalue weighted by Gasteiger charge is 2.91. The summed E-state index contributed by atoms with van der Waals surface area (Å²) in [6.45, 7) is -2.70. The van der Waals surface area contributed by atoms with Crippen LogP contribution in [-0.4, -0.2) is 151 Å². The lowest BCUT2D eigenvalue weighted by Crippen LogP contribution is -2.73. The molecule has 1 aliphatic rings. The third-order valence-corrected chi connectivity index (χ3v) is 5.85. The molecule has 25 heteroatoms. The number of amides is 1. The van der Waals surface area contributed by atoms with Crippen molar-refractivity contribution in [2.24, 2.45) is 0 Å². The molecule has 1 heterocycles. The Kier molecular flexibility index (Phi) is 11.7. The van der Waals surface area contributed by atoms with Crippen LogP contribution in [0.25, 0.3) is 0 Å². The van der Waals surface area contributed by atoms with Gasteiger partial charge in [-0.15, -0.1) is 0 Å². The molecule has 0 aromatic carbocycles. The highest BCUT2D eigenvalue weighted by Crippen LogP contribution is 2.59. The molecule has 0 spiro atoms. The highest BCUT2D eigenvalue weighted by molar-refractivity contribution is 5.81. The topological polar surface area (TPSA) is 209 Å². The van der Waals surface area contributed by atoms with E-state index in [9.17, 15) is 92.5 Å². The minimum absolute atomic E-state index is 0.559. The van der Waals surface area contributed by atoms with Crippen LogP contribution < -0.4 is 5.32 Å². The molecular weight excluding hydrogens is 653 g/mol. The van der Waals surface area contributed by atoms with Gasteiger partial charge in [0, 0.05) is 0 Å². The van der Waals surface area contributed by atoms with Crippen molar-refractivity contribution in [1.29, 1.82) is 0 Å². The van der Waals surface area contributed by atoms with Crippen LogP contribution in [0.2, 0.25) is 0 Å². The van der Waals surface area contributed by atoms with Gasteiger partial charge in [0.1, 0.15) is 42.7 Å². The maximum Gasteiger partial charge on any atom is 0.460 e. The summed E-state index contributed by atoms with van der Waals surface area (Å²) in [6.07, 6.45) is -31.0. The number of carbonyl (C=O) groups excluding carboxylic acids is 1. The van der Waals surface area contributed by atoms with E-state index in [1.54, 1.807) is 0 Å². The molecule has 12 nitrogen and oxygen atoms in total. The summed E-state index contributed by atoms with van der Waals surface area (Å²) >= 11 is 0. The molecule has 1 saturated heterocycles. The van der Waals surface area contributed by atoms with E-state index < -0.39 is 115 Å². The van der Waals surface area contributed by atoms with Crippen LogP contribution in [0.5, 0.6) is 0 Å². The molecule has 0 saturated carbocycles. The minimum Gasteiger partial charge on any atom is -0.394 e. The molecule has 9 N–H and O–H groups in total. The van der Waals surface area contributed by atoms with E-state index in [0.29, 0.717) is 0 Å². The second kappa shape index (κ2) is 12.9. The smallest absolute Gasteiger partial charge is 0.394 e. The van der Waals surface area contributed by atoms with Crippen molar-refractivity contribution in [3.05, 3.63) is 0 Å². The van der Waals surface area contributed by atoms with Crippen LogP contribution in [-0.2, 0) is 14.3 Å². The largest absolute Gasteiger partial charge is 0.460 e. The third kappa shape index (κ3) is 6.89. The van der Waals surface area contributed by atoms with Gasteiger partial charge in [-0.25, -0.2) is 0 Å². The number of aliphatic hydroxyl groups is 8. The van der Waals surface area contributed by atoms with E-state index >= 15 is 0 Å². The van der Waals surface area contributed by atoms with Crippen molar-refractivity contribution in [2.45, 2.75) is 91.0 Å². The summed E-state index contributed by atoms with van der Waals surface area (Å²) in [7, 11) is 0. The second-order valence-corrected chi connectivity index (χ2v) is 8.84. The molecule has 0 unspecified atom stereocenters. The molecule has 1 fully saturated rings. The Bertz CT molecular complexity index is 956. The lowest BCUT2D eigenvalue weighted by Gasteiger charge is -2.42. The van der Waals surface area contributed by atoms with E-state index in [0.717, 1.165) is 0 Å². The summed E-state index contributed by atoms with van der Waals surface area (Å²) in [5.74, 6) is -35.9. The van der Waals surface area contributed by atoms with Crippen molar-refractivity contribution in [2.75, 3.05) is 13.2 Å². The van der Waals surface area contributed by atoms with Crippen molar-refractivity contribution >= 4 is 5.91 Å². The average Bonchev–Trinajstić information content (AvgIpc) is 2.88. The molecule has 43 heavy (non-hydrogen) atoms. The predicted octanol–water partition coefficient (Wildman–Crippen LogP) is -1.94. The second-order valence-electron chi connectivity index (χ2n) is 8.84. The Morgan fingerprint density at radius 3 is 1.63 bits per heavy atom. The molecule has 256 valence electrons. The zero-order valence-electron chi connectivity index (χ0n) is 20.3. The Labute approximate surface area is 228 Å². The lowest BCUT2D eigenvalue weighted by molar-refractivity contribution is -0.441. The molecule has 9 atom stereocenters. The van der Waals surface area contributed by atoms with Gasteiger partial charge in [-0.1, -0.05) is 0 Å². The Hall–Kier alpha value is -1.84. The lowest BCUT2D eigenvalue weighted by atomic mass is 9.96. The van der Waals surface area contributed by atoms with Crippen molar-refractivity contribution in [1.82, 2.24) is 5.32 Å². The summed E-state index contributed by atoms with van der Waals surface area (Å²) in [4.78, 5) is 11.9. The summed E-state index contributed by atoms with van der Waals surface area (Å²) < 4.78 is 181. The monoisotopic (exact) mass is 675 g/mol. The number of aliphatic hydroxyl groups excluding tert-OH is 8. The van der Waals surface area contributed by atoms with Crippen molar-refractivity contribution in [3.63, 3.8) is 0 Å². The van der Waals surface area contributed by atoms with Gasteiger partial charge >= 0.3 is 35.9 Å². The number of halogens is 13. The summed E-state index contributed by atoms with van der Waals surface area (Å²) in [6, 6.07) is -7.22. The first-order valence-electron chi connectivity index (χ1n) is 11.0. The fraction of sp³-hybridized carbons (Fsp3) is 0.944. The normalized spacial score (nSPS) is 27.8. The Morgan fingerprint density at radius 2 is 1.21 bits per heavy atom. The van der Waals surface area contributed by atoms with Gasteiger partial charge in [0.15, 0.2) is 12.4 Å². The predicted molar refractivity (Wildman–Crippen MR) is 103 cm³/mol. The van der Waals surface area contributed by atoms with Crippen LogP contribution in [0, 0.1) is 0 Å². The molecule has 0 bridgehead atoms. The highest BCUT2D eigenvalue weighted by atomic mass is 19.4. The zero-order valence-corrected chi connectivity index (χ0v) is 20.3. The first kappa shape index (κ1) is 39.2. The number of hydrogen-bond donors (Lipinski definition) is 9. The molecule has 0 radical (unpaired) electrons. The van der Waals surface area contributed by atoms with Crippen LogP contribution in [0.4, 0.5) is 57.1 Å². The van der Waals surface area contributed by atoms with E-state index in [2.05, 4.69) is 0 Å². The maximum absolute atomic E-state index is 13.9. The van der Waals surface area contributed by atoms with Crippen molar-refractivity contribution < 1.29 is 112 Å². The number of carbonyl (C=O) groups is 1. The molecule has 1 amide bonds. The molecule has 0 aliphatic carbocycles. The summed E-state index contributed by atoms with van der Waals surface area (Å²) in [5.41, 5.74) is 0. The number of hydrogen-bond acceptors (Lipinski definition) is 11. The van der Waals surface area contributed by atoms with Gasteiger partial charge < -0.3 is 50.3 Å². The van der Waals surface area contributed by atoms with Crippen LogP contribution in [0.15, 0.2) is 0 Å². The number of rotatable bonds is 13. The maximum atomic E-state index is 13.9. The quantitative estimate of drug-likeness (QED) is 0.0775. The molecule has 1 rings (SSSR count). The SMILES string of the molecule is O=C(NC(F)(F)C(F)(F)C(F)(F)C(F)(F)C(F)(F)C(F)(F)F)[C@H](O)[C@@H](O)[C@@H](O[C@@H]1O[C@H](CO)[C@H](O)[C@H](O)[C@H]1O)[C@H](O)CO. The van der Waals surface area contributed by atoms with Gasteiger partial charge in [0.2, 0.25) is 0 Å². The van der Waals surface area contributed by atoms with Crippen LogP contribution in [0.1, 0.15) is 0 Å². The van der Waals surface area contributed by atoms with Gasteiger partial charge in [-0.2, -0.15) is 57.1 Å². The van der Waals surface area contributed by atoms with E-state index in [1.807, 2.05) is 0 Å². The van der Waals surface area contributed by atoms with Gasteiger partial charge in [0.05, 0.1) is 13.2 Å².